The molecule has 106 valence electrons. The van der Waals surface area contributed by atoms with Crippen molar-refractivity contribution in [2.75, 3.05) is 26.2 Å². The Hall–Kier alpha value is -0.610. The molecule has 0 spiro atoms. The van der Waals surface area contributed by atoms with E-state index in [1.165, 1.54) is 12.8 Å². The Balaban J connectivity index is 2.49. The van der Waals surface area contributed by atoms with E-state index in [1.54, 1.807) is 0 Å². The van der Waals surface area contributed by atoms with E-state index in [9.17, 15) is 4.79 Å². The van der Waals surface area contributed by atoms with Crippen molar-refractivity contribution in [3.63, 3.8) is 0 Å². The van der Waals surface area contributed by atoms with Crippen LogP contribution < -0.4 is 11.1 Å². The Morgan fingerprint density at radius 1 is 1.17 bits per heavy atom. The molecule has 4 heteroatoms. The van der Waals surface area contributed by atoms with Crippen molar-refractivity contribution in [2.24, 2.45) is 5.73 Å². The lowest BCUT2D eigenvalue weighted by Gasteiger charge is -2.31. The molecular formula is C14H29N3O. The first-order chi connectivity index (χ1) is 8.64. The van der Waals surface area contributed by atoms with Gasteiger partial charge in [-0.2, -0.15) is 0 Å². The van der Waals surface area contributed by atoms with Gasteiger partial charge in [-0.25, -0.2) is 0 Å². The molecule has 0 radical (unpaired) electrons. The topological polar surface area (TPSA) is 58.4 Å². The molecule has 18 heavy (non-hydrogen) atoms. The second kappa shape index (κ2) is 7.74. The fraction of sp³-hybridized carbons (Fsp3) is 0.929. The largest absolute Gasteiger partial charge is 0.368 e. The van der Waals surface area contributed by atoms with E-state index in [0.717, 1.165) is 51.9 Å². The smallest absolute Gasteiger partial charge is 0.237 e. The monoisotopic (exact) mass is 255 g/mol. The van der Waals surface area contributed by atoms with Gasteiger partial charge < -0.3 is 16.0 Å². The van der Waals surface area contributed by atoms with Crippen molar-refractivity contribution in [3.05, 3.63) is 0 Å². The third-order valence-corrected chi connectivity index (χ3v) is 4.21. The van der Waals surface area contributed by atoms with Crippen LogP contribution in [0.25, 0.3) is 0 Å². The van der Waals surface area contributed by atoms with E-state index in [1.807, 2.05) is 0 Å². The maximum Gasteiger partial charge on any atom is 0.237 e. The van der Waals surface area contributed by atoms with Crippen LogP contribution in [0.2, 0.25) is 0 Å². The molecule has 1 aliphatic carbocycles. The van der Waals surface area contributed by atoms with Gasteiger partial charge in [0.15, 0.2) is 0 Å². The van der Waals surface area contributed by atoms with Crippen LogP contribution in [0.1, 0.15) is 52.4 Å². The molecule has 1 rings (SSSR count). The Bertz CT molecular complexity index is 243. The third kappa shape index (κ3) is 4.25. The fourth-order valence-electron chi connectivity index (χ4n) is 2.84. The third-order valence-electron chi connectivity index (χ3n) is 4.21. The van der Waals surface area contributed by atoms with E-state index in [0.29, 0.717) is 0 Å². The van der Waals surface area contributed by atoms with Gasteiger partial charge >= 0.3 is 0 Å². The number of amides is 1. The van der Waals surface area contributed by atoms with Crippen LogP contribution in [-0.2, 0) is 4.79 Å². The molecule has 1 amide bonds. The van der Waals surface area contributed by atoms with E-state index >= 15 is 0 Å². The predicted molar refractivity (Wildman–Crippen MR) is 75.4 cm³/mol. The van der Waals surface area contributed by atoms with Crippen LogP contribution in [-0.4, -0.2) is 42.5 Å². The molecule has 1 aliphatic rings. The second-order valence-corrected chi connectivity index (χ2v) is 5.31. The minimum absolute atomic E-state index is 0.163. The van der Waals surface area contributed by atoms with Gasteiger partial charge in [-0.05, 0) is 25.9 Å². The maximum atomic E-state index is 11.8. The van der Waals surface area contributed by atoms with Gasteiger partial charge in [0.1, 0.15) is 0 Å². The highest BCUT2D eigenvalue weighted by molar-refractivity contribution is 5.84. The quantitative estimate of drug-likeness (QED) is 0.678. The Morgan fingerprint density at radius 2 is 1.72 bits per heavy atom. The molecule has 0 heterocycles. The number of hydrogen-bond acceptors (Lipinski definition) is 3. The highest BCUT2D eigenvalue weighted by atomic mass is 16.1. The molecule has 0 bridgehead atoms. The molecule has 0 saturated heterocycles. The second-order valence-electron chi connectivity index (χ2n) is 5.31. The SMILES string of the molecule is CCN(CC)CCNC1(C(N)=O)CCCCCC1. The summed E-state index contributed by atoms with van der Waals surface area (Å²) in [6.45, 7) is 8.29. The molecule has 0 aromatic carbocycles. The van der Waals surface area contributed by atoms with Crippen LogP contribution in [0.15, 0.2) is 0 Å². The molecule has 1 fully saturated rings. The van der Waals surface area contributed by atoms with Crippen molar-refractivity contribution >= 4 is 5.91 Å². The van der Waals surface area contributed by atoms with Crippen molar-refractivity contribution in [2.45, 2.75) is 57.9 Å². The number of carbonyl (C=O) groups excluding carboxylic acids is 1. The van der Waals surface area contributed by atoms with Gasteiger partial charge in [-0.15, -0.1) is 0 Å². The maximum absolute atomic E-state index is 11.8. The minimum atomic E-state index is -0.441. The lowest BCUT2D eigenvalue weighted by Crippen LogP contribution is -2.56. The number of rotatable bonds is 7. The van der Waals surface area contributed by atoms with Crippen LogP contribution in [0.5, 0.6) is 0 Å². The average molecular weight is 255 g/mol. The average Bonchev–Trinajstić information content (AvgIpc) is 2.61. The number of likely N-dealkylation sites (N-methyl/N-ethyl adjacent to an activating group) is 1. The highest BCUT2D eigenvalue weighted by Gasteiger charge is 2.35. The standard InChI is InChI=1S/C14H29N3O/c1-3-17(4-2)12-11-16-14(13(15)18)9-7-5-6-8-10-14/h16H,3-12H2,1-2H3,(H2,15,18). The summed E-state index contributed by atoms with van der Waals surface area (Å²) in [5.41, 5.74) is 5.20. The van der Waals surface area contributed by atoms with Crippen molar-refractivity contribution in [3.8, 4) is 0 Å². The summed E-state index contributed by atoms with van der Waals surface area (Å²) in [4.78, 5) is 14.1. The zero-order valence-electron chi connectivity index (χ0n) is 12.0. The number of primary amides is 1. The predicted octanol–water partition coefficient (Wildman–Crippen LogP) is 1.50. The zero-order valence-corrected chi connectivity index (χ0v) is 12.0. The van der Waals surface area contributed by atoms with Crippen molar-refractivity contribution in [1.82, 2.24) is 10.2 Å². The number of nitrogens with one attached hydrogen (secondary N) is 1. The number of carbonyl (C=O) groups is 1. The van der Waals surface area contributed by atoms with Crippen LogP contribution >= 0.6 is 0 Å². The lowest BCUT2D eigenvalue weighted by molar-refractivity contribution is -0.125. The summed E-state index contributed by atoms with van der Waals surface area (Å²) in [5, 5.41) is 3.46. The highest BCUT2D eigenvalue weighted by Crippen LogP contribution is 2.26. The fourth-order valence-corrected chi connectivity index (χ4v) is 2.84. The Morgan fingerprint density at radius 3 is 2.17 bits per heavy atom. The summed E-state index contributed by atoms with van der Waals surface area (Å²) in [5.74, 6) is -0.163. The summed E-state index contributed by atoms with van der Waals surface area (Å²) < 4.78 is 0. The van der Waals surface area contributed by atoms with Crippen LogP contribution in [0, 0.1) is 0 Å². The molecule has 0 aliphatic heterocycles. The normalized spacial score (nSPS) is 19.7. The zero-order chi connectivity index (χ0) is 13.4. The molecule has 0 unspecified atom stereocenters. The first kappa shape index (κ1) is 15.4. The van der Waals surface area contributed by atoms with Crippen LogP contribution in [0.3, 0.4) is 0 Å². The summed E-state index contributed by atoms with van der Waals surface area (Å²) in [6, 6.07) is 0. The first-order valence-electron chi connectivity index (χ1n) is 7.42. The minimum Gasteiger partial charge on any atom is -0.368 e. The molecule has 4 nitrogen and oxygen atoms in total. The summed E-state index contributed by atoms with van der Waals surface area (Å²) in [6.07, 6.45) is 6.49. The number of nitrogens with zero attached hydrogens (tertiary/aromatic N) is 1. The van der Waals surface area contributed by atoms with E-state index in [4.69, 9.17) is 5.73 Å². The van der Waals surface area contributed by atoms with Crippen molar-refractivity contribution in [1.29, 1.82) is 0 Å². The van der Waals surface area contributed by atoms with Crippen LogP contribution in [0.4, 0.5) is 0 Å². The first-order valence-corrected chi connectivity index (χ1v) is 7.42. The lowest BCUT2D eigenvalue weighted by atomic mass is 9.89. The molecule has 0 aromatic heterocycles. The van der Waals surface area contributed by atoms with E-state index in [2.05, 4.69) is 24.1 Å². The van der Waals surface area contributed by atoms with Crippen molar-refractivity contribution < 1.29 is 4.79 Å². The number of hydrogen-bond donors (Lipinski definition) is 2. The number of nitrogens with two attached hydrogens (primary N) is 1. The van der Waals surface area contributed by atoms with Gasteiger partial charge in [0.25, 0.3) is 0 Å². The molecule has 0 atom stereocenters. The van der Waals surface area contributed by atoms with Gasteiger partial charge in [-0.3, -0.25) is 4.79 Å². The Labute approximate surface area is 111 Å². The summed E-state index contributed by atoms with van der Waals surface area (Å²) >= 11 is 0. The van der Waals surface area contributed by atoms with Gasteiger partial charge in [0, 0.05) is 13.1 Å². The molecule has 3 N–H and O–H groups in total. The molecular weight excluding hydrogens is 226 g/mol. The molecule has 1 saturated carbocycles. The summed E-state index contributed by atoms with van der Waals surface area (Å²) in [7, 11) is 0. The Kier molecular flexibility index (Phi) is 6.65. The van der Waals surface area contributed by atoms with E-state index < -0.39 is 5.54 Å². The van der Waals surface area contributed by atoms with Gasteiger partial charge in [0.2, 0.25) is 5.91 Å². The van der Waals surface area contributed by atoms with Gasteiger partial charge in [-0.1, -0.05) is 39.5 Å². The molecule has 0 aromatic rings. The van der Waals surface area contributed by atoms with E-state index in [-0.39, 0.29) is 5.91 Å². The van der Waals surface area contributed by atoms with Gasteiger partial charge in [0.05, 0.1) is 5.54 Å².